The van der Waals surface area contributed by atoms with Gasteiger partial charge in [-0.25, -0.2) is 8.78 Å². The van der Waals surface area contributed by atoms with Crippen LogP contribution in [-0.4, -0.2) is 0 Å². The Labute approximate surface area is 117 Å². The monoisotopic (exact) mass is 331 g/mol. The van der Waals surface area contributed by atoms with Crippen molar-refractivity contribution >= 4 is 33.2 Å². The largest absolute Gasteiger partial charge is 0.381 e. The Hall–Kier alpha value is -1.13. The highest BCUT2D eigenvalue weighted by Crippen LogP contribution is 2.26. The Morgan fingerprint density at radius 3 is 2.67 bits per heavy atom. The fraction of sp³-hybridized carbons (Fsp3) is 0.0769. The van der Waals surface area contributed by atoms with Crippen molar-refractivity contribution in [2.24, 2.45) is 0 Å². The molecule has 2 rings (SSSR count). The first-order valence-corrected chi connectivity index (χ1v) is 6.37. The quantitative estimate of drug-likeness (QED) is 0.834. The molecule has 94 valence electrons. The third-order valence-electron chi connectivity index (χ3n) is 2.43. The van der Waals surface area contributed by atoms with Gasteiger partial charge in [-0.1, -0.05) is 23.7 Å². The summed E-state index contributed by atoms with van der Waals surface area (Å²) in [5.41, 5.74) is 1.01. The van der Waals surface area contributed by atoms with E-state index in [-0.39, 0.29) is 12.1 Å². The van der Waals surface area contributed by atoms with Gasteiger partial charge >= 0.3 is 0 Å². The zero-order chi connectivity index (χ0) is 13.1. The lowest BCUT2D eigenvalue weighted by molar-refractivity contribution is 0.500. The van der Waals surface area contributed by atoms with Gasteiger partial charge in [0.05, 0.1) is 5.02 Å². The zero-order valence-corrected chi connectivity index (χ0v) is 11.5. The number of benzene rings is 2. The Morgan fingerprint density at radius 2 is 1.94 bits per heavy atom. The molecule has 0 spiro atoms. The van der Waals surface area contributed by atoms with Gasteiger partial charge in [0.25, 0.3) is 0 Å². The summed E-state index contributed by atoms with van der Waals surface area (Å²) >= 11 is 9.21. The second kappa shape index (κ2) is 5.67. The first kappa shape index (κ1) is 13.3. The van der Waals surface area contributed by atoms with Gasteiger partial charge in [-0.05, 0) is 40.2 Å². The predicted molar refractivity (Wildman–Crippen MR) is 72.8 cm³/mol. The molecule has 1 N–H and O–H groups in total. The lowest BCUT2D eigenvalue weighted by atomic mass is 10.2. The van der Waals surface area contributed by atoms with E-state index in [4.69, 9.17) is 11.6 Å². The molecule has 0 unspecified atom stereocenters. The van der Waals surface area contributed by atoms with Crippen LogP contribution in [0.2, 0.25) is 5.02 Å². The highest BCUT2D eigenvalue weighted by molar-refractivity contribution is 9.10. The molecular weight excluding hydrogens is 324 g/mol. The lowest BCUT2D eigenvalue weighted by Gasteiger charge is -2.08. The van der Waals surface area contributed by atoms with E-state index < -0.39 is 11.6 Å². The minimum Gasteiger partial charge on any atom is -0.381 e. The molecule has 0 bridgehead atoms. The third kappa shape index (κ3) is 3.00. The maximum atomic E-state index is 13.4. The molecule has 0 aliphatic heterocycles. The number of halogens is 4. The van der Waals surface area contributed by atoms with Crippen LogP contribution in [0.15, 0.2) is 40.9 Å². The van der Waals surface area contributed by atoms with Crippen molar-refractivity contribution in [3.05, 3.63) is 63.1 Å². The molecule has 0 heterocycles. The number of nitrogens with one attached hydrogen (secondary N) is 1. The normalized spacial score (nSPS) is 10.4. The molecule has 1 nitrogen and oxygen atoms in total. The third-order valence-corrected chi connectivity index (χ3v) is 3.67. The van der Waals surface area contributed by atoms with E-state index in [1.54, 1.807) is 18.2 Å². The molecule has 0 radical (unpaired) electrons. The van der Waals surface area contributed by atoms with Crippen molar-refractivity contribution in [1.29, 1.82) is 0 Å². The fourth-order valence-corrected chi connectivity index (χ4v) is 1.92. The van der Waals surface area contributed by atoms with E-state index in [0.717, 1.165) is 16.2 Å². The topological polar surface area (TPSA) is 12.0 Å². The molecule has 0 amide bonds. The highest BCUT2D eigenvalue weighted by atomic mass is 79.9. The molecule has 0 aromatic heterocycles. The van der Waals surface area contributed by atoms with Gasteiger partial charge in [-0.3, -0.25) is 0 Å². The van der Waals surface area contributed by atoms with Crippen LogP contribution in [0, 0.1) is 11.6 Å². The van der Waals surface area contributed by atoms with Crippen molar-refractivity contribution < 1.29 is 8.78 Å². The Bertz CT molecular complexity index is 575. The second-order valence-corrected chi connectivity index (χ2v) is 4.96. The molecule has 5 heteroatoms. The smallest absolute Gasteiger partial charge is 0.163 e. The van der Waals surface area contributed by atoms with Crippen LogP contribution in [0.4, 0.5) is 14.5 Å². The van der Waals surface area contributed by atoms with Crippen molar-refractivity contribution in [2.45, 2.75) is 6.54 Å². The predicted octanol–water partition coefficient (Wildman–Crippen LogP) is 4.99. The van der Waals surface area contributed by atoms with Crippen molar-refractivity contribution in [1.82, 2.24) is 0 Å². The molecule has 18 heavy (non-hydrogen) atoms. The van der Waals surface area contributed by atoms with Gasteiger partial charge in [0.15, 0.2) is 11.6 Å². The van der Waals surface area contributed by atoms with E-state index in [2.05, 4.69) is 21.2 Å². The van der Waals surface area contributed by atoms with E-state index in [0.29, 0.717) is 5.02 Å². The first-order chi connectivity index (χ1) is 8.58. The molecule has 0 atom stereocenters. The maximum Gasteiger partial charge on any atom is 0.163 e. The fourth-order valence-electron chi connectivity index (χ4n) is 1.49. The van der Waals surface area contributed by atoms with E-state index in [1.807, 2.05) is 0 Å². The van der Waals surface area contributed by atoms with Crippen LogP contribution in [-0.2, 0) is 6.54 Å². The van der Waals surface area contributed by atoms with E-state index in [9.17, 15) is 8.78 Å². The maximum absolute atomic E-state index is 13.4. The summed E-state index contributed by atoms with van der Waals surface area (Å²) in [5, 5.41) is 3.54. The van der Waals surface area contributed by atoms with E-state index >= 15 is 0 Å². The van der Waals surface area contributed by atoms with Crippen LogP contribution in [0.1, 0.15) is 5.56 Å². The van der Waals surface area contributed by atoms with Crippen LogP contribution in [0.25, 0.3) is 0 Å². The van der Waals surface area contributed by atoms with Crippen molar-refractivity contribution in [3.8, 4) is 0 Å². The average Bonchev–Trinajstić information content (AvgIpc) is 2.35. The summed E-state index contributed by atoms with van der Waals surface area (Å²) in [6.07, 6.45) is 0. The highest BCUT2D eigenvalue weighted by Gasteiger charge is 2.07. The SMILES string of the molecule is Fc1cccc(CNc2ccc(Br)c(Cl)c2)c1F. The second-order valence-electron chi connectivity index (χ2n) is 3.70. The molecule has 2 aromatic carbocycles. The zero-order valence-electron chi connectivity index (χ0n) is 9.18. The van der Waals surface area contributed by atoms with Gasteiger partial charge in [0, 0.05) is 22.3 Å². The van der Waals surface area contributed by atoms with Gasteiger partial charge in [-0.15, -0.1) is 0 Å². The van der Waals surface area contributed by atoms with Gasteiger partial charge < -0.3 is 5.32 Å². The molecule has 2 aromatic rings. The molecular formula is C13H9BrClF2N. The van der Waals surface area contributed by atoms with Crippen molar-refractivity contribution in [3.63, 3.8) is 0 Å². The Morgan fingerprint density at radius 1 is 1.17 bits per heavy atom. The molecule has 0 aliphatic rings. The Kier molecular flexibility index (Phi) is 4.19. The van der Waals surface area contributed by atoms with Crippen molar-refractivity contribution in [2.75, 3.05) is 5.32 Å². The molecule has 0 saturated heterocycles. The Balaban J connectivity index is 2.11. The number of hydrogen-bond donors (Lipinski definition) is 1. The van der Waals surface area contributed by atoms with Crippen LogP contribution < -0.4 is 5.32 Å². The van der Waals surface area contributed by atoms with Gasteiger partial charge in [0.1, 0.15) is 0 Å². The standard InChI is InChI=1S/C13H9BrClF2N/c14-10-5-4-9(6-11(10)15)18-7-8-2-1-3-12(16)13(8)17/h1-6,18H,7H2. The number of rotatable bonds is 3. The van der Waals surface area contributed by atoms with Gasteiger partial charge in [-0.2, -0.15) is 0 Å². The van der Waals surface area contributed by atoms with Crippen LogP contribution >= 0.6 is 27.5 Å². The summed E-state index contributed by atoms with van der Waals surface area (Å²) < 4.78 is 27.2. The average molecular weight is 333 g/mol. The summed E-state index contributed by atoms with van der Waals surface area (Å²) in [6, 6.07) is 9.40. The lowest BCUT2D eigenvalue weighted by Crippen LogP contribution is -2.03. The minimum atomic E-state index is -0.844. The summed E-state index contributed by atoms with van der Waals surface area (Å²) in [5.74, 6) is -1.67. The van der Waals surface area contributed by atoms with Crippen LogP contribution in [0.5, 0.6) is 0 Å². The first-order valence-electron chi connectivity index (χ1n) is 5.20. The summed E-state index contributed by atoms with van der Waals surface area (Å²) in [7, 11) is 0. The van der Waals surface area contributed by atoms with Gasteiger partial charge in [0.2, 0.25) is 0 Å². The molecule has 0 aliphatic carbocycles. The minimum absolute atomic E-state index is 0.196. The van der Waals surface area contributed by atoms with Crippen LogP contribution in [0.3, 0.4) is 0 Å². The number of hydrogen-bond acceptors (Lipinski definition) is 1. The molecule has 0 saturated carbocycles. The molecule has 0 fully saturated rings. The van der Waals surface area contributed by atoms with E-state index in [1.165, 1.54) is 12.1 Å². The summed E-state index contributed by atoms with van der Waals surface area (Å²) in [6.45, 7) is 0.196. The summed E-state index contributed by atoms with van der Waals surface area (Å²) in [4.78, 5) is 0. The number of anilines is 1.